The quantitative estimate of drug-likeness (QED) is 0.206. The van der Waals surface area contributed by atoms with Gasteiger partial charge in [0, 0.05) is 61.5 Å². The lowest BCUT2D eigenvalue weighted by atomic mass is 10.0. The van der Waals surface area contributed by atoms with Gasteiger partial charge in [-0.2, -0.15) is 10.2 Å². The van der Waals surface area contributed by atoms with Crippen molar-refractivity contribution >= 4 is 10.9 Å². The second-order valence-corrected chi connectivity index (χ2v) is 10.4. The van der Waals surface area contributed by atoms with Gasteiger partial charge in [-0.1, -0.05) is 42.5 Å². The van der Waals surface area contributed by atoms with Gasteiger partial charge >= 0.3 is 0 Å². The number of fused-ring (bicyclic) bond motifs is 1. The SMILES string of the molecule is COCCCOc1cccc(F)c1CN1CCCC(n2cc(-c3ccc4[nH]nc(-c5ccccc5)c4c3)cn2)C1. The van der Waals surface area contributed by atoms with Crippen LogP contribution >= 0.6 is 0 Å². The average Bonchev–Trinajstić information content (AvgIpc) is 3.65. The molecule has 1 atom stereocenters. The zero-order chi connectivity index (χ0) is 27.3. The lowest BCUT2D eigenvalue weighted by Gasteiger charge is -2.33. The van der Waals surface area contributed by atoms with Crippen LogP contribution in [-0.2, 0) is 11.3 Å². The van der Waals surface area contributed by atoms with Crippen LogP contribution in [0.25, 0.3) is 33.3 Å². The lowest BCUT2D eigenvalue weighted by Crippen LogP contribution is -2.36. The van der Waals surface area contributed by atoms with E-state index in [1.165, 1.54) is 6.07 Å². The Bertz CT molecular complexity index is 1560. The van der Waals surface area contributed by atoms with Crippen LogP contribution in [-0.4, -0.2) is 58.3 Å². The van der Waals surface area contributed by atoms with Crippen LogP contribution < -0.4 is 4.74 Å². The first-order valence-corrected chi connectivity index (χ1v) is 13.9. The zero-order valence-corrected chi connectivity index (χ0v) is 22.7. The van der Waals surface area contributed by atoms with Crippen LogP contribution in [0.3, 0.4) is 0 Å². The van der Waals surface area contributed by atoms with Crippen molar-refractivity contribution in [2.45, 2.75) is 31.8 Å². The van der Waals surface area contributed by atoms with Gasteiger partial charge in [0.15, 0.2) is 0 Å². The van der Waals surface area contributed by atoms with Gasteiger partial charge in [0.2, 0.25) is 0 Å². The Balaban J connectivity index is 1.17. The van der Waals surface area contributed by atoms with Crippen molar-refractivity contribution in [1.29, 1.82) is 0 Å². The number of aromatic nitrogens is 4. The standard InChI is InChI=1S/C32H34FN5O2/c1-39-16-7-17-40-31-12-5-11-29(33)28(31)22-37-15-6-10-26(21-37)38-20-25(19-34-38)24-13-14-30-27(18-24)32(36-35-30)23-8-3-2-4-9-23/h2-5,8-9,11-14,18-20,26H,6-7,10,15-17,21-22H2,1H3,(H,35,36). The van der Waals surface area contributed by atoms with Gasteiger partial charge in [0.25, 0.3) is 0 Å². The number of aromatic amines is 1. The maximum Gasteiger partial charge on any atom is 0.131 e. The molecule has 8 heteroatoms. The highest BCUT2D eigenvalue weighted by molar-refractivity contribution is 5.95. The van der Waals surface area contributed by atoms with Gasteiger partial charge < -0.3 is 9.47 Å². The van der Waals surface area contributed by atoms with Crippen LogP contribution in [0.2, 0.25) is 0 Å². The minimum Gasteiger partial charge on any atom is -0.493 e. The molecule has 1 fully saturated rings. The van der Waals surface area contributed by atoms with E-state index >= 15 is 0 Å². The number of ether oxygens (including phenoxy) is 2. The van der Waals surface area contributed by atoms with E-state index in [9.17, 15) is 4.39 Å². The van der Waals surface area contributed by atoms with Gasteiger partial charge in [-0.05, 0) is 49.2 Å². The second-order valence-electron chi connectivity index (χ2n) is 10.4. The molecule has 1 aliphatic heterocycles. The van der Waals surface area contributed by atoms with E-state index in [0.29, 0.717) is 31.1 Å². The van der Waals surface area contributed by atoms with Crippen LogP contribution in [0, 0.1) is 5.82 Å². The number of rotatable bonds is 10. The smallest absolute Gasteiger partial charge is 0.131 e. The molecule has 1 N–H and O–H groups in total. The number of likely N-dealkylation sites (tertiary alicyclic amines) is 1. The number of nitrogens with one attached hydrogen (secondary N) is 1. The number of nitrogens with zero attached hydrogens (tertiary/aromatic N) is 4. The molecular weight excluding hydrogens is 505 g/mol. The number of methoxy groups -OCH3 is 1. The predicted octanol–water partition coefficient (Wildman–Crippen LogP) is 6.48. The van der Waals surface area contributed by atoms with Crippen molar-refractivity contribution in [1.82, 2.24) is 24.9 Å². The summed E-state index contributed by atoms with van der Waals surface area (Å²) >= 11 is 0. The molecule has 1 saturated heterocycles. The van der Waals surface area contributed by atoms with E-state index in [4.69, 9.17) is 14.6 Å². The van der Waals surface area contributed by atoms with E-state index in [-0.39, 0.29) is 11.9 Å². The van der Waals surface area contributed by atoms with Crippen LogP contribution in [0.5, 0.6) is 5.75 Å². The molecule has 0 bridgehead atoms. The number of piperidine rings is 1. The molecule has 7 nitrogen and oxygen atoms in total. The third kappa shape index (κ3) is 5.64. The maximum absolute atomic E-state index is 14.9. The van der Waals surface area contributed by atoms with Crippen molar-refractivity contribution < 1.29 is 13.9 Å². The summed E-state index contributed by atoms with van der Waals surface area (Å²) in [5.74, 6) is 0.390. The Hall–Kier alpha value is -4.01. The highest BCUT2D eigenvalue weighted by Gasteiger charge is 2.24. The zero-order valence-electron chi connectivity index (χ0n) is 22.7. The van der Waals surface area contributed by atoms with Crippen molar-refractivity contribution in [3.63, 3.8) is 0 Å². The summed E-state index contributed by atoms with van der Waals surface area (Å²) in [6.07, 6.45) is 6.89. The summed E-state index contributed by atoms with van der Waals surface area (Å²) < 4.78 is 28.0. The molecule has 0 amide bonds. The van der Waals surface area contributed by atoms with Crippen molar-refractivity contribution in [3.05, 3.63) is 90.5 Å². The molecule has 1 aliphatic rings. The summed E-state index contributed by atoms with van der Waals surface area (Å²) in [7, 11) is 1.67. The molecule has 206 valence electrons. The topological polar surface area (TPSA) is 68.2 Å². The fourth-order valence-corrected chi connectivity index (χ4v) is 5.52. The molecule has 2 aromatic heterocycles. The van der Waals surface area contributed by atoms with Crippen molar-refractivity contribution in [2.75, 3.05) is 33.4 Å². The Morgan fingerprint density at radius 3 is 2.77 bits per heavy atom. The Morgan fingerprint density at radius 2 is 1.90 bits per heavy atom. The first-order valence-electron chi connectivity index (χ1n) is 13.9. The number of halogens is 1. The predicted molar refractivity (Wildman–Crippen MR) is 155 cm³/mol. The van der Waals surface area contributed by atoms with Gasteiger partial charge in [0.1, 0.15) is 11.6 Å². The van der Waals surface area contributed by atoms with Gasteiger partial charge in [-0.25, -0.2) is 4.39 Å². The average molecular weight is 540 g/mol. The summed E-state index contributed by atoms with van der Waals surface area (Å²) in [6, 6.07) is 21.9. The summed E-state index contributed by atoms with van der Waals surface area (Å²) in [5, 5.41) is 13.6. The Labute approximate surface area is 233 Å². The molecule has 3 aromatic carbocycles. The molecule has 6 rings (SSSR count). The molecule has 0 spiro atoms. The third-order valence-electron chi connectivity index (χ3n) is 7.61. The van der Waals surface area contributed by atoms with Gasteiger partial charge in [-0.3, -0.25) is 14.7 Å². The second kappa shape index (κ2) is 12.0. The van der Waals surface area contributed by atoms with E-state index < -0.39 is 0 Å². The largest absolute Gasteiger partial charge is 0.493 e. The van der Waals surface area contributed by atoms with Crippen LogP contribution in [0.4, 0.5) is 4.39 Å². The third-order valence-corrected chi connectivity index (χ3v) is 7.61. The van der Waals surface area contributed by atoms with Gasteiger partial charge in [0.05, 0.1) is 30.1 Å². The number of hydrogen-bond donors (Lipinski definition) is 1. The summed E-state index contributed by atoms with van der Waals surface area (Å²) in [4.78, 5) is 2.31. The van der Waals surface area contributed by atoms with Crippen molar-refractivity contribution in [3.8, 4) is 28.1 Å². The molecule has 1 unspecified atom stereocenters. The lowest BCUT2D eigenvalue weighted by molar-refractivity contribution is 0.156. The summed E-state index contributed by atoms with van der Waals surface area (Å²) in [6.45, 7) is 3.35. The molecule has 5 aromatic rings. The van der Waals surface area contributed by atoms with Crippen molar-refractivity contribution in [2.24, 2.45) is 0 Å². The fourth-order valence-electron chi connectivity index (χ4n) is 5.52. The van der Waals surface area contributed by atoms with E-state index in [2.05, 4.69) is 56.3 Å². The molecule has 0 aliphatic carbocycles. The monoisotopic (exact) mass is 539 g/mol. The normalized spacial score (nSPS) is 16.0. The van der Waals surface area contributed by atoms with Crippen LogP contribution in [0.1, 0.15) is 30.9 Å². The molecular formula is C32H34FN5O2. The number of benzene rings is 3. The Morgan fingerprint density at radius 1 is 1.00 bits per heavy atom. The van der Waals surface area contributed by atoms with E-state index in [1.807, 2.05) is 30.5 Å². The number of hydrogen-bond acceptors (Lipinski definition) is 5. The first-order chi connectivity index (χ1) is 19.7. The molecule has 0 radical (unpaired) electrons. The minimum atomic E-state index is -0.225. The first kappa shape index (κ1) is 26.2. The van der Waals surface area contributed by atoms with E-state index in [1.54, 1.807) is 13.2 Å². The number of H-pyrrole nitrogens is 1. The Kier molecular flexibility index (Phi) is 7.88. The van der Waals surface area contributed by atoms with Gasteiger partial charge in [-0.15, -0.1) is 0 Å². The fraction of sp³-hybridized carbons (Fsp3) is 0.312. The van der Waals surface area contributed by atoms with E-state index in [0.717, 1.165) is 65.6 Å². The maximum atomic E-state index is 14.9. The highest BCUT2D eigenvalue weighted by Crippen LogP contribution is 2.32. The minimum absolute atomic E-state index is 0.220. The molecule has 3 heterocycles. The van der Waals surface area contributed by atoms with Crippen LogP contribution in [0.15, 0.2) is 79.1 Å². The summed E-state index contributed by atoms with van der Waals surface area (Å²) in [5.41, 5.74) is 5.83. The highest BCUT2D eigenvalue weighted by atomic mass is 19.1. The molecule has 40 heavy (non-hydrogen) atoms. The molecule has 0 saturated carbocycles.